The predicted octanol–water partition coefficient (Wildman–Crippen LogP) is 2.08. The van der Waals surface area contributed by atoms with Crippen molar-refractivity contribution in [2.45, 2.75) is 32.4 Å². The zero-order valence-electron chi connectivity index (χ0n) is 12.3. The second-order valence-corrected chi connectivity index (χ2v) is 5.40. The number of nitrogens with one attached hydrogen (secondary N) is 1. The number of rotatable bonds is 6. The smallest absolute Gasteiger partial charge is 0.218 e. The molecule has 1 aromatic rings. The van der Waals surface area contributed by atoms with Crippen LogP contribution in [-0.4, -0.2) is 43.2 Å². The van der Waals surface area contributed by atoms with E-state index in [9.17, 15) is 0 Å². The molecule has 1 N–H and O–H groups in total. The molecule has 1 unspecified atom stereocenters. The molecule has 1 atom stereocenters. The minimum absolute atomic E-state index is 0.0162. The van der Waals surface area contributed by atoms with Gasteiger partial charge in [0.25, 0.3) is 0 Å². The van der Waals surface area contributed by atoms with E-state index in [1.165, 1.54) is 0 Å². The van der Waals surface area contributed by atoms with E-state index in [1.807, 2.05) is 19.2 Å². The van der Waals surface area contributed by atoms with Gasteiger partial charge in [-0.25, -0.2) is 4.98 Å². The lowest BCUT2D eigenvalue weighted by atomic mass is 10.1. The molecule has 1 heterocycles. The van der Waals surface area contributed by atoms with E-state index in [4.69, 9.17) is 4.74 Å². The fourth-order valence-corrected chi connectivity index (χ4v) is 1.38. The van der Waals surface area contributed by atoms with Crippen molar-refractivity contribution in [3.63, 3.8) is 0 Å². The highest BCUT2D eigenvalue weighted by Gasteiger charge is 2.22. The number of ether oxygens (including phenoxy) is 1. The summed E-state index contributed by atoms with van der Waals surface area (Å²) in [5, 5.41) is 3.21. The average Bonchev–Trinajstić information content (AvgIpc) is 2.35. The van der Waals surface area contributed by atoms with Crippen LogP contribution in [0.3, 0.4) is 0 Å². The highest BCUT2D eigenvalue weighted by molar-refractivity contribution is 5.28. The Morgan fingerprint density at radius 2 is 2.11 bits per heavy atom. The summed E-state index contributed by atoms with van der Waals surface area (Å²) in [4.78, 5) is 6.48. The van der Waals surface area contributed by atoms with E-state index < -0.39 is 0 Å². The Labute approximate surface area is 110 Å². The molecule has 4 heteroatoms. The van der Waals surface area contributed by atoms with Crippen LogP contribution in [0.2, 0.25) is 0 Å². The van der Waals surface area contributed by atoms with Gasteiger partial charge in [0.15, 0.2) is 0 Å². The van der Waals surface area contributed by atoms with Gasteiger partial charge in [-0.3, -0.25) is 0 Å². The Morgan fingerprint density at radius 1 is 1.44 bits per heavy atom. The first-order valence-corrected chi connectivity index (χ1v) is 6.31. The van der Waals surface area contributed by atoms with Crippen molar-refractivity contribution in [3.8, 4) is 5.88 Å². The van der Waals surface area contributed by atoms with Crippen molar-refractivity contribution in [2.75, 3.05) is 27.7 Å². The van der Waals surface area contributed by atoms with Gasteiger partial charge in [-0.2, -0.15) is 0 Å². The van der Waals surface area contributed by atoms with Crippen LogP contribution in [0.25, 0.3) is 0 Å². The number of nitrogens with zero attached hydrogens (tertiary/aromatic N) is 2. The van der Waals surface area contributed by atoms with Gasteiger partial charge in [0.1, 0.15) is 6.61 Å². The van der Waals surface area contributed by atoms with E-state index in [0.717, 1.165) is 5.56 Å². The predicted molar refractivity (Wildman–Crippen MR) is 75.0 cm³/mol. The molecule has 0 aliphatic carbocycles. The third kappa shape index (κ3) is 3.68. The van der Waals surface area contributed by atoms with Gasteiger partial charge in [-0.1, -0.05) is 6.07 Å². The summed E-state index contributed by atoms with van der Waals surface area (Å²) in [6, 6.07) is 4.22. The topological polar surface area (TPSA) is 37.4 Å². The molecule has 0 aromatic carbocycles. The van der Waals surface area contributed by atoms with Crippen LogP contribution >= 0.6 is 0 Å². The summed E-state index contributed by atoms with van der Waals surface area (Å²) < 4.78 is 5.89. The van der Waals surface area contributed by atoms with Gasteiger partial charge in [0, 0.05) is 23.3 Å². The molecule has 0 amide bonds. The molecule has 0 saturated carbocycles. The van der Waals surface area contributed by atoms with Crippen LogP contribution in [0.5, 0.6) is 5.88 Å². The van der Waals surface area contributed by atoms with E-state index in [1.54, 1.807) is 6.20 Å². The first kappa shape index (κ1) is 14.9. The van der Waals surface area contributed by atoms with Gasteiger partial charge in [0.2, 0.25) is 5.88 Å². The maximum absolute atomic E-state index is 5.89. The Bertz CT molecular complexity index is 377. The van der Waals surface area contributed by atoms with Crippen LogP contribution in [0.1, 0.15) is 32.4 Å². The lowest BCUT2D eigenvalue weighted by molar-refractivity contribution is 0.110. The monoisotopic (exact) mass is 251 g/mol. The van der Waals surface area contributed by atoms with Crippen molar-refractivity contribution in [2.24, 2.45) is 0 Å². The Hall–Kier alpha value is -1.13. The number of likely N-dealkylation sites (N-methyl/N-ethyl adjacent to an activating group) is 1. The third-order valence-electron chi connectivity index (χ3n) is 3.47. The zero-order chi connectivity index (χ0) is 13.8. The van der Waals surface area contributed by atoms with E-state index >= 15 is 0 Å². The maximum Gasteiger partial charge on any atom is 0.218 e. The van der Waals surface area contributed by atoms with Crippen molar-refractivity contribution in [1.82, 2.24) is 15.2 Å². The Morgan fingerprint density at radius 3 is 2.67 bits per heavy atom. The molecule has 4 nitrogen and oxygen atoms in total. The molecule has 0 bridgehead atoms. The minimum atomic E-state index is -0.0162. The van der Waals surface area contributed by atoms with Crippen LogP contribution in [0.15, 0.2) is 18.3 Å². The fourth-order valence-electron chi connectivity index (χ4n) is 1.38. The highest BCUT2D eigenvalue weighted by atomic mass is 16.5. The van der Waals surface area contributed by atoms with Crippen LogP contribution in [0.4, 0.5) is 0 Å². The van der Waals surface area contributed by atoms with Gasteiger partial charge in [-0.15, -0.1) is 0 Å². The molecule has 1 rings (SSSR count). The molecule has 0 aliphatic heterocycles. The zero-order valence-corrected chi connectivity index (χ0v) is 12.3. The summed E-state index contributed by atoms with van der Waals surface area (Å²) in [7, 11) is 6.04. The fraction of sp³-hybridized carbons (Fsp3) is 0.643. The molecular formula is C14H25N3O. The molecular weight excluding hydrogens is 226 g/mol. The van der Waals surface area contributed by atoms with Crippen LogP contribution in [-0.2, 0) is 0 Å². The first-order valence-electron chi connectivity index (χ1n) is 6.31. The molecule has 0 fully saturated rings. The second kappa shape index (κ2) is 6.16. The number of hydrogen-bond acceptors (Lipinski definition) is 4. The largest absolute Gasteiger partial charge is 0.475 e. The van der Waals surface area contributed by atoms with Gasteiger partial charge in [-0.05, 0) is 48.0 Å². The molecule has 102 valence electrons. The van der Waals surface area contributed by atoms with Crippen LogP contribution < -0.4 is 10.1 Å². The minimum Gasteiger partial charge on any atom is -0.475 e. The van der Waals surface area contributed by atoms with Gasteiger partial charge in [0.05, 0.1) is 0 Å². The Balaban J connectivity index is 2.79. The summed E-state index contributed by atoms with van der Waals surface area (Å²) in [5.41, 5.74) is 1.08. The lowest BCUT2D eigenvalue weighted by Gasteiger charge is -2.32. The van der Waals surface area contributed by atoms with Gasteiger partial charge >= 0.3 is 0 Å². The van der Waals surface area contributed by atoms with Crippen LogP contribution in [0, 0.1) is 0 Å². The lowest BCUT2D eigenvalue weighted by Crippen LogP contribution is -2.43. The standard InChI is InChI=1S/C14H25N3O/c1-11(15-4)12-8-7-9-16-13(12)18-10-14(2,3)17(5)6/h7-9,11,15H,10H2,1-6H3. The SMILES string of the molecule is CNC(C)c1cccnc1OCC(C)(C)N(C)C. The first-order chi connectivity index (χ1) is 8.38. The summed E-state index contributed by atoms with van der Waals surface area (Å²) in [5.74, 6) is 0.717. The molecule has 0 radical (unpaired) electrons. The number of pyridine rings is 1. The molecule has 0 saturated heterocycles. The third-order valence-corrected chi connectivity index (χ3v) is 3.47. The highest BCUT2D eigenvalue weighted by Crippen LogP contribution is 2.23. The maximum atomic E-state index is 5.89. The summed E-state index contributed by atoms with van der Waals surface area (Å²) >= 11 is 0. The van der Waals surface area contributed by atoms with E-state index in [-0.39, 0.29) is 11.6 Å². The quantitative estimate of drug-likeness (QED) is 0.840. The van der Waals surface area contributed by atoms with Gasteiger partial charge < -0.3 is 15.0 Å². The number of hydrogen-bond donors (Lipinski definition) is 1. The van der Waals surface area contributed by atoms with E-state index in [2.05, 4.69) is 50.1 Å². The average molecular weight is 251 g/mol. The molecule has 18 heavy (non-hydrogen) atoms. The van der Waals surface area contributed by atoms with Crippen molar-refractivity contribution in [3.05, 3.63) is 23.9 Å². The van der Waals surface area contributed by atoms with E-state index in [0.29, 0.717) is 12.5 Å². The molecule has 1 aromatic heterocycles. The summed E-state index contributed by atoms with van der Waals surface area (Å²) in [6.45, 7) is 7.01. The second-order valence-electron chi connectivity index (χ2n) is 5.40. The molecule has 0 spiro atoms. The van der Waals surface area contributed by atoms with Crippen molar-refractivity contribution < 1.29 is 4.74 Å². The molecule has 0 aliphatic rings. The van der Waals surface area contributed by atoms with Crippen molar-refractivity contribution in [1.29, 1.82) is 0 Å². The summed E-state index contributed by atoms with van der Waals surface area (Å²) in [6.07, 6.45) is 1.77. The Kier molecular flexibility index (Phi) is 5.11. The normalized spacial score (nSPS) is 13.7. The number of aromatic nitrogens is 1. The van der Waals surface area contributed by atoms with Crippen molar-refractivity contribution >= 4 is 0 Å².